The molecule has 0 spiro atoms. The van der Waals surface area contributed by atoms with E-state index in [0.29, 0.717) is 23.6 Å². The molecule has 1 aliphatic heterocycles. The van der Waals surface area contributed by atoms with Crippen LogP contribution >= 0.6 is 0 Å². The Morgan fingerprint density at radius 1 is 1.17 bits per heavy atom. The van der Waals surface area contributed by atoms with Crippen LogP contribution < -0.4 is 14.4 Å². The largest absolute Gasteiger partial charge is 0.493 e. The topological polar surface area (TPSA) is 67.5 Å². The zero-order valence-electron chi connectivity index (χ0n) is 12.8. The summed E-state index contributed by atoms with van der Waals surface area (Å²) in [7, 11) is 3.11. The van der Waals surface area contributed by atoms with Crippen LogP contribution in [0.2, 0.25) is 0 Å². The van der Waals surface area contributed by atoms with E-state index in [0.717, 1.165) is 22.2 Å². The van der Waals surface area contributed by atoms with E-state index >= 15 is 0 Å². The van der Waals surface area contributed by atoms with Gasteiger partial charge in [-0.3, -0.25) is 9.89 Å². The number of fused-ring (bicyclic) bond motifs is 2. The first-order valence-electron chi connectivity index (χ1n) is 7.22. The van der Waals surface area contributed by atoms with Crippen LogP contribution in [0.15, 0.2) is 36.5 Å². The average molecular weight is 309 g/mol. The fourth-order valence-electron chi connectivity index (χ4n) is 3.01. The summed E-state index contributed by atoms with van der Waals surface area (Å²) in [6.07, 6.45) is 1.76. The fourth-order valence-corrected chi connectivity index (χ4v) is 3.01. The Balaban J connectivity index is 1.79. The predicted octanol–water partition coefficient (Wildman–Crippen LogP) is 2.74. The lowest BCUT2D eigenvalue weighted by molar-refractivity contribution is 0.0993. The van der Waals surface area contributed by atoms with Gasteiger partial charge in [0, 0.05) is 11.1 Å². The van der Waals surface area contributed by atoms with Crippen LogP contribution in [-0.4, -0.2) is 30.3 Å². The zero-order valence-corrected chi connectivity index (χ0v) is 12.8. The third kappa shape index (κ3) is 1.95. The van der Waals surface area contributed by atoms with Crippen LogP contribution in [-0.2, 0) is 6.54 Å². The van der Waals surface area contributed by atoms with Gasteiger partial charge in [-0.05, 0) is 29.8 Å². The highest BCUT2D eigenvalue weighted by Gasteiger charge is 2.33. The first kappa shape index (κ1) is 13.6. The summed E-state index contributed by atoms with van der Waals surface area (Å²) < 4.78 is 10.7. The van der Waals surface area contributed by atoms with E-state index in [1.54, 1.807) is 25.3 Å². The van der Waals surface area contributed by atoms with E-state index in [1.165, 1.54) is 0 Å². The fraction of sp³-hybridized carbons (Fsp3) is 0.176. The Morgan fingerprint density at radius 2 is 2.04 bits per heavy atom. The molecule has 0 saturated heterocycles. The number of hydrogen-bond acceptors (Lipinski definition) is 4. The quantitative estimate of drug-likeness (QED) is 0.808. The number of anilines is 1. The van der Waals surface area contributed by atoms with Gasteiger partial charge in [-0.1, -0.05) is 6.07 Å². The summed E-state index contributed by atoms with van der Waals surface area (Å²) in [5.74, 6) is 0.959. The molecule has 0 fully saturated rings. The second-order valence-electron chi connectivity index (χ2n) is 5.37. The van der Waals surface area contributed by atoms with E-state index < -0.39 is 0 Å². The molecule has 0 radical (unpaired) electrons. The summed E-state index contributed by atoms with van der Waals surface area (Å²) >= 11 is 0. The number of H-pyrrole nitrogens is 1. The van der Waals surface area contributed by atoms with Crippen LogP contribution in [0, 0.1) is 0 Å². The van der Waals surface area contributed by atoms with E-state index in [4.69, 9.17) is 9.47 Å². The highest BCUT2D eigenvalue weighted by Crippen LogP contribution is 2.40. The van der Waals surface area contributed by atoms with Gasteiger partial charge in [-0.2, -0.15) is 5.10 Å². The van der Waals surface area contributed by atoms with Crippen molar-refractivity contribution < 1.29 is 14.3 Å². The summed E-state index contributed by atoms with van der Waals surface area (Å²) in [4.78, 5) is 14.6. The maximum Gasteiger partial charge on any atom is 0.262 e. The lowest BCUT2D eigenvalue weighted by Crippen LogP contribution is -2.23. The van der Waals surface area contributed by atoms with Gasteiger partial charge in [0.1, 0.15) is 0 Å². The molecule has 0 saturated carbocycles. The summed E-state index contributed by atoms with van der Waals surface area (Å²) in [5.41, 5.74) is 3.22. The first-order chi connectivity index (χ1) is 11.2. The van der Waals surface area contributed by atoms with Crippen molar-refractivity contribution >= 4 is 22.5 Å². The number of carbonyl (C=O) groups is 1. The third-order valence-corrected chi connectivity index (χ3v) is 4.16. The molecule has 1 aromatic heterocycles. The molecule has 3 aromatic rings. The number of carbonyl (C=O) groups excluding carboxylic acids is 1. The van der Waals surface area contributed by atoms with Crippen molar-refractivity contribution in [3.8, 4) is 11.5 Å². The molecule has 0 aliphatic carbocycles. The van der Waals surface area contributed by atoms with Crippen molar-refractivity contribution in [2.24, 2.45) is 0 Å². The van der Waals surface area contributed by atoms with Gasteiger partial charge in [0.2, 0.25) is 0 Å². The van der Waals surface area contributed by atoms with Crippen molar-refractivity contribution in [2.75, 3.05) is 19.1 Å². The molecule has 1 N–H and O–H groups in total. The molecule has 1 amide bonds. The van der Waals surface area contributed by atoms with Crippen molar-refractivity contribution in [1.82, 2.24) is 10.2 Å². The molecule has 4 rings (SSSR count). The van der Waals surface area contributed by atoms with E-state index in [-0.39, 0.29) is 5.91 Å². The number of benzene rings is 2. The highest BCUT2D eigenvalue weighted by atomic mass is 16.5. The van der Waals surface area contributed by atoms with Crippen LogP contribution in [0.5, 0.6) is 11.5 Å². The minimum absolute atomic E-state index is 0.0883. The smallest absolute Gasteiger partial charge is 0.262 e. The Morgan fingerprint density at radius 3 is 2.83 bits per heavy atom. The van der Waals surface area contributed by atoms with Crippen LogP contribution in [0.1, 0.15) is 15.9 Å². The van der Waals surface area contributed by atoms with Gasteiger partial charge >= 0.3 is 0 Å². The molecule has 116 valence electrons. The molecule has 0 bridgehead atoms. The zero-order chi connectivity index (χ0) is 16.0. The number of hydrogen-bond donors (Lipinski definition) is 1. The number of nitrogens with zero attached hydrogens (tertiary/aromatic N) is 2. The minimum atomic E-state index is -0.0883. The molecule has 6 heteroatoms. The van der Waals surface area contributed by atoms with Crippen molar-refractivity contribution in [3.05, 3.63) is 47.7 Å². The van der Waals surface area contributed by atoms with Crippen molar-refractivity contribution in [3.63, 3.8) is 0 Å². The molecular formula is C17H15N3O3. The molecular weight excluding hydrogens is 294 g/mol. The van der Waals surface area contributed by atoms with E-state index in [1.807, 2.05) is 30.3 Å². The standard InChI is InChI=1S/C17H15N3O3/c1-22-14-6-4-11-9-20(17(21)15(11)16(14)23-2)12-5-3-10-8-18-19-13(10)7-12/h3-8H,9H2,1-2H3,(H,18,19). The molecule has 23 heavy (non-hydrogen) atoms. The maximum absolute atomic E-state index is 12.9. The van der Waals surface area contributed by atoms with Crippen molar-refractivity contribution in [1.29, 1.82) is 0 Å². The predicted molar refractivity (Wildman–Crippen MR) is 86.2 cm³/mol. The van der Waals surface area contributed by atoms with Gasteiger partial charge < -0.3 is 14.4 Å². The number of aromatic nitrogens is 2. The number of aromatic amines is 1. The first-order valence-corrected chi connectivity index (χ1v) is 7.22. The van der Waals surface area contributed by atoms with Crippen LogP contribution in [0.3, 0.4) is 0 Å². The lowest BCUT2D eigenvalue weighted by atomic mass is 10.1. The van der Waals surface area contributed by atoms with Crippen molar-refractivity contribution in [2.45, 2.75) is 6.54 Å². The second-order valence-corrected chi connectivity index (χ2v) is 5.37. The van der Waals surface area contributed by atoms with Gasteiger partial charge in [0.25, 0.3) is 5.91 Å². The number of rotatable bonds is 3. The second kappa shape index (κ2) is 5.01. The Labute approximate surface area is 132 Å². The molecule has 0 atom stereocenters. The number of amides is 1. The summed E-state index contributed by atoms with van der Waals surface area (Å²) in [5, 5.41) is 7.95. The van der Waals surface area contributed by atoms with Gasteiger partial charge in [0.15, 0.2) is 11.5 Å². The third-order valence-electron chi connectivity index (χ3n) is 4.16. The lowest BCUT2D eigenvalue weighted by Gasteiger charge is -2.16. The van der Waals surface area contributed by atoms with Gasteiger partial charge in [0.05, 0.1) is 38.0 Å². The Kier molecular flexibility index (Phi) is 2.97. The Hall–Kier alpha value is -3.02. The number of nitrogens with one attached hydrogen (secondary N) is 1. The van der Waals surface area contributed by atoms with Gasteiger partial charge in [-0.15, -0.1) is 0 Å². The molecule has 2 aromatic carbocycles. The molecule has 0 unspecified atom stereocenters. The maximum atomic E-state index is 12.9. The van der Waals surface area contributed by atoms with E-state index in [2.05, 4.69) is 10.2 Å². The van der Waals surface area contributed by atoms with Gasteiger partial charge in [-0.25, -0.2) is 0 Å². The molecule has 1 aliphatic rings. The molecule has 2 heterocycles. The summed E-state index contributed by atoms with van der Waals surface area (Å²) in [6.45, 7) is 0.508. The highest BCUT2D eigenvalue weighted by molar-refractivity contribution is 6.12. The van der Waals surface area contributed by atoms with E-state index in [9.17, 15) is 4.79 Å². The van der Waals surface area contributed by atoms with Crippen LogP contribution in [0.4, 0.5) is 5.69 Å². The summed E-state index contributed by atoms with van der Waals surface area (Å²) in [6, 6.07) is 9.53. The normalized spacial score (nSPS) is 13.5. The number of ether oxygens (including phenoxy) is 2. The Bertz CT molecular complexity index is 917. The molecule has 6 nitrogen and oxygen atoms in total. The van der Waals surface area contributed by atoms with Crippen LogP contribution in [0.25, 0.3) is 10.9 Å². The monoisotopic (exact) mass is 309 g/mol. The number of methoxy groups -OCH3 is 2. The SMILES string of the molecule is COc1ccc2c(c1OC)C(=O)N(c1ccc3cn[nH]c3c1)C2. The average Bonchev–Trinajstić information content (AvgIpc) is 3.17. The minimum Gasteiger partial charge on any atom is -0.493 e.